The maximum Gasteiger partial charge on any atom is 0.422 e. The summed E-state index contributed by atoms with van der Waals surface area (Å²) in [7, 11) is 0. The minimum Gasteiger partial charge on any atom is -0.468 e. The van der Waals surface area contributed by atoms with E-state index in [0.29, 0.717) is 34.7 Å². The van der Waals surface area contributed by atoms with E-state index in [4.69, 9.17) is 4.74 Å². The van der Waals surface area contributed by atoms with Gasteiger partial charge in [-0.1, -0.05) is 37.3 Å². The number of nitrogens with zero attached hydrogens (tertiary/aromatic N) is 3. The second-order valence-electron chi connectivity index (χ2n) is 9.65. The number of allylic oxidation sites excluding steroid dienone is 1. The molecule has 2 aromatic heterocycles. The number of alkyl halides is 3. The van der Waals surface area contributed by atoms with Crippen molar-refractivity contribution >= 4 is 17.1 Å². The normalized spacial score (nSPS) is 14.3. The number of rotatable bonds is 8. The highest BCUT2D eigenvalue weighted by molar-refractivity contribution is 5.86. The maximum absolute atomic E-state index is 13.9. The lowest BCUT2D eigenvalue weighted by atomic mass is 9.97. The molecule has 1 saturated carbocycles. The average Bonchev–Trinajstić information content (AvgIpc) is 3.77. The Morgan fingerprint density at radius 1 is 1.15 bits per heavy atom. The number of ether oxygens (including phenoxy) is 1. The van der Waals surface area contributed by atoms with Gasteiger partial charge in [-0.05, 0) is 79.1 Å². The van der Waals surface area contributed by atoms with Crippen LogP contribution in [0.1, 0.15) is 48.8 Å². The van der Waals surface area contributed by atoms with E-state index in [1.807, 2.05) is 49.4 Å². The SMILES string of the molecule is CC/C=C(/N=C\c1cn(-c2ccc3ncccc3c2)c(=O)c(-c2ccc(C3CC3)cc2)c1C)OCC(F)(F)F. The van der Waals surface area contributed by atoms with Crippen LogP contribution in [0.2, 0.25) is 0 Å². The van der Waals surface area contributed by atoms with Crippen molar-refractivity contribution in [1.82, 2.24) is 9.55 Å². The fourth-order valence-electron chi connectivity index (χ4n) is 4.55. The molecule has 39 heavy (non-hydrogen) atoms. The third-order valence-electron chi connectivity index (χ3n) is 6.72. The molecule has 0 spiro atoms. The van der Waals surface area contributed by atoms with E-state index in [9.17, 15) is 18.0 Å². The zero-order valence-corrected chi connectivity index (χ0v) is 21.7. The molecule has 200 valence electrons. The standard InChI is InChI=1S/C31H28F3N3O2/c1-3-5-28(39-19-31(32,33)34)36-17-25-18-37(26-13-14-27-24(16-26)6-4-15-35-27)30(38)29(20(25)2)23-11-9-22(10-12-23)21-7-8-21/h4-6,9-18,21H,3,7-8,19H2,1-2H3/b28-5-,36-17-. The van der Waals surface area contributed by atoms with Crippen LogP contribution in [0.4, 0.5) is 13.2 Å². The number of aromatic nitrogens is 2. The van der Waals surface area contributed by atoms with Crippen molar-refractivity contribution in [3.05, 3.63) is 106 Å². The van der Waals surface area contributed by atoms with Gasteiger partial charge in [0, 0.05) is 35.2 Å². The van der Waals surface area contributed by atoms with Gasteiger partial charge in [0.1, 0.15) is 0 Å². The van der Waals surface area contributed by atoms with E-state index in [2.05, 4.69) is 22.1 Å². The van der Waals surface area contributed by atoms with Crippen LogP contribution in [0.3, 0.4) is 0 Å². The summed E-state index contributed by atoms with van der Waals surface area (Å²) < 4.78 is 44.7. The molecular weight excluding hydrogens is 503 g/mol. The Balaban J connectivity index is 1.62. The fourth-order valence-corrected chi connectivity index (χ4v) is 4.55. The van der Waals surface area contributed by atoms with Gasteiger partial charge in [0.15, 0.2) is 6.61 Å². The number of pyridine rings is 2. The van der Waals surface area contributed by atoms with E-state index in [1.165, 1.54) is 30.7 Å². The average molecular weight is 532 g/mol. The molecule has 1 aliphatic carbocycles. The van der Waals surface area contributed by atoms with Gasteiger partial charge in [0.2, 0.25) is 5.88 Å². The van der Waals surface area contributed by atoms with Gasteiger partial charge >= 0.3 is 6.18 Å². The van der Waals surface area contributed by atoms with E-state index < -0.39 is 12.8 Å². The van der Waals surface area contributed by atoms with Crippen LogP contribution in [0, 0.1) is 6.92 Å². The highest BCUT2D eigenvalue weighted by atomic mass is 19.4. The molecule has 5 rings (SSSR count). The zero-order chi connectivity index (χ0) is 27.6. The van der Waals surface area contributed by atoms with Crippen molar-refractivity contribution in [2.75, 3.05) is 6.61 Å². The molecule has 5 nitrogen and oxygen atoms in total. The lowest BCUT2D eigenvalue weighted by Crippen LogP contribution is -2.22. The van der Waals surface area contributed by atoms with Crippen LogP contribution in [0.25, 0.3) is 27.7 Å². The van der Waals surface area contributed by atoms with Crippen LogP contribution >= 0.6 is 0 Å². The maximum atomic E-state index is 13.9. The molecule has 8 heteroatoms. The van der Waals surface area contributed by atoms with Crippen LogP contribution < -0.4 is 5.56 Å². The Hall–Kier alpha value is -4.20. The summed E-state index contributed by atoms with van der Waals surface area (Å²) in [5, 5.41) is 0.877. The monoisotopic (exact) mass is 531 g/mol. The molecule has 2 aromatic carbocycles. The first-order valence-corrected chi connectivity index (χ1v) is 12.9. The van der Waals surface area contributed by atoms with Crippen LogP contribution in [0.15, 0.2) is 88.7 Å². The molecule has 0 unspecified atom stereocenters. The van der Waals surface area contributed by atoms with Crippen molar-refractivity contribution in [3.63, 3.8) is 0 Å². The summed E-state index contributed by atoms with van der Waals surface area (Å²) in [4.78, 5) is 22.5. The Morgan fingerprint density at radius 2 is 1.92 bits per heavy atom. The zero-order valence-electron chi connectivity index (χ0n) is 21.7. The Bertz CT molecular complexity index is 1620. The summed E-state index contributed by atoms with van der Waals surface area (Å²) in [5.74, 6) is 0.459. The summed E-state index contributed by atoms with van der Waals surface area (Å²) in [6.07, 6.45) is 4.64. The molecule has 0 atom stereocenters. The Labute approximate surface area is 224 Å². The molecular formula is C31H28F3N3O2. The number of fused-ring (bicyclic) bond motifs is 1. The van der Waals surface area contributed by atoms with Crippen molar-refractivity contribution < 1.29 is 17.9 Å². The van der Waals surface area contributed by atoms with Crippen LogP contribution in [-0.4, -0.2) is 28.5 Å². The number of hydrogen-bond donors (Lipinski definition) is 0. The molecule has 0 bridgehead atoms. The third-order valence-corrected chi connectivity index (χ3v) is 6.72. The Morgan fingerprint density at radius 3 is 2.62 bits per heavy atom. The van der Waals surface area contributed by atoms with Gasteiger partial charge < -0.3 is 4.74 Å². The van der Waals surface area contributed by atoms with Gasteiger partial charge in [0.05, 0.1) is 11.1 Å². The number of aliphatic imine (C=N–C) groups is 1. The minimum absolute atomic E-state index is 0.126. The molecule has 0 radical (unpaired) electrons. The van der Waals surface area contributed by atoms with E-state index >= 15 is 0 Å². The molecule has 0 aliphatic heterocycles. The number of benzene rings is 2. The molecule has 2 heterocycles. The lowest BCUT2D eigenvalue weighted by Gasteiger charge is -2.15. The number of halogens is 3. The van der Waals surface area contributed by atoms with E-state index in [0.717, 1.165) is 16.5 Å². The van der Waals surface area contributed by atoms with Gasteiger partial charge in [0.25, 0.3) is 5.56 Å². The second kappa shape index (κ2) is 10.9. The third kappa shape index (κ3) is 6.11. The quantitative estimate of drug-likeness (QED) is 0.175. The van der Waals surface area contributed by atoms with Crippen molar-refractivity contribution in [1.29, 1.82) is 0 Å². The second-order valence-corrected chi connectivity index (χ2v) is 9.65. The van der Waals surface area contributed by atoms with Gasteiger partial charge in [-0.2, -0.15) is 13.2 Å². The van der Waals surface area contributed by atoms with Crippen molar-refractivity contribution in [3.8, 4) is 16.8 Å². The first-order valence-electron chi connectivity index (χ1n) is 12.9. The fraction of sp³-hybridized carbons (Fsp3) is 0.258. The van der Waals surface area contributed by atoms with Crippen LogP contribution in [-0.2, 0) is 4.74 Å². The predicted molar refractivity (Wildman–Crippen MR) is 147 cm³/mol. The van der Waals surface area contributed by atoms with Gasteiger partial charge in [-0.3, -0.25) is 14.3 Å². The van der Waals surface area contributed by atoms with Gasteiger partial charge in [-0.25, -0.2) is 4.99 Å². The predicted octanol–water partition coefficient (Wildman–Crippen LogP) is 7.49. The van der Waals surface area contributed by atoms with E-state index in [1.54, 1.807) is 23.9 Å². The van der Waals surface area contributed by atoms with Crippen molar-refractivity contribution in [2.24, 2.45) is 4.99 Å². The molecule has 0 amide bonds. The topological polar surface area (TPSA) is 56.5 Å². The molecule has 4 aromatic rings. The summed E-state index contributed by atoms with van der Waals surface area (Å²) in [5.41, 5.74) is 5.03. The number of hydrogen-bond acceptors (Lipinski definition) is 4. The summed E-state index contributed by atoms with van der Waals surface area (Å²) in [6, 6.07) is 17.3. The van der Waals surface area contributed by atoms with E-state index in [-0.39, 0.29) is 11.4 Å². The highest BCUT2D eigenvalue weighted by Gasteiger charge is 2.29. The smallest absolute Gasteiger partial charge is 0.422 e. The Kier molecular flexibility index (Phi) is 7.37. The molecule has 1 fully saturated rings. The molecule has 0 saturated heterocycles. The largest absolute Gasteiger partial charge is 0.468 e. The van der Waals surface area contributed by atoms with Crippen LogP contribution in [0.5, 0.6) is 0 Å². The molecule has 0 N–H and O–H groups in total. The van der Waals surface area contributed by atoms with Gasteiger partial charge in [-0.15, -0.1) is 0 Å². The minimum atomic E-state index is -4.48. The summed E-state index contributed by atoms with van der Waals surface area (Å²) >= 11 is 0. The highest BCUT2D eigenvalue weighted by Crippen LogP contribution is 2.40. The summed E-state index contributed by atoms with van der Waals surface area (Å²) in [6.45, 7) is 2.18. The first kappa shape index (κ1) is 26.4. The first-order chi connectivity index (χ1) is 18.7. The van der Waals surface area contributed by atoms with Crippen molar-refractivity contribution in [2.45, 2.75) is 45.2 Å². The molecule has 1 aliphatic rings. The lowest BCUT2D eigenvalue weighted by molar-refractivity contribution is -0.165.